The Kier molecular flexibility index (Phi) is 2.27. The van der Waals surface area contributed by atoms with Gasteiger partial charge in [-0.15, -0.1) is 0 Å². The Bertz CT molecular complexity index is 701. The minimum atomic E-state index is -3.59. The normalized spacial score (nSPS) is 19.9. The van der Waals surface area contributed by atoms with E-state index < -0.39 is 10.0 Å². The second-order valence-electron chi connectivity index (χ2n) is 3.97. The van der Waals surface area contributed by atoms with Crippen LogP contribution in [0.1, 0.15) is 5.56 Å². The summed E-state index contributed by atoms with van der Waals surface area (Å²) in [5.74, 6) is 0.464. The number of fused-ring (bicyclic) bond motifs is 2. The van der Waals surface area contributed by atoms with Crippen LogP contribution in [0.5, 0.6) is 0 Å². The maximum Gasteiger partial charge on any atom is 0.262 e. The summed E-state index contributed by atoms with van der Waals surface area (Å²) >= 11 is 0. The van der Waals surface area contributed by atoms with E-state index in [9.17, 15) is 13.2 Å². The summed E-state index contributed by atoms with van der Waals surface area (Å²) in [6, 6.07) is 6.60. The molecule has 1 aromatic rings. The van der Waals surface area contributed by atoms with Crippen molar-refractivity contribution >= 4 is 22.1 Å². The number of nitrogens with one attached hydrogen (secondary N) is 1. The SMILES string of the molecule is O=CC1=CC2=C(OC1)c1ccccc1S(=O)(=O)N2. The molecule has 2 aliphatic rings. The van der Waals surface area contributed by atoms with E-state index >= 15 is 0 Å². The van der Waals surface area contributed by atoms with Gasteiger partial charge in [0.25, 0.3) is 10.0 Å². The van der Waals surface area contributed by atoms with E-state index in [1.54, 1.807) is 18.2 Å². The molecule has 92 valence electrons. The van der Waals surface area contributed by atoms with Gasteiger partial charge in [-0.3, -0.25) is 9.52 Å². The lowest BCUT2D eigenvalue weighted by Gasteiger charge is -2.26. The van der Waals surface area contributed by atoms with Crippen LogP contribution in [0.3, 0.4) is 0 Å². The molecule has 5 nitrogen and oxygen atoms in total. The Balaban J connectivity index is 2.27. The van der Waals surface area contributed by atoms with Gasteiger partial charge in [0, 0.05) is 11.1 Å². The van der Waals surface area contributed by atoms with E-state index in [1.165, 1.54) is 12.1 Å². The maximum atomic E-state index is 12.0. The van der Waals surface area contributed by atoms with Gasteiger partial charge >= 0.3 is 0 Å². The van der Waals surface area contributed by atoms with Crippen molar-refractivity contribution < 1.29 is 17.9 Å². The average molecular weight is 263 g/mol. The number of ether oxygens (including phenoxy) is 1. The van der Waals surface area contributed by atoms with Crippen molar-refractivity contribution in [3.63, 3.8) is 0 Å². The highest BCUT2D eigenvalue weighted by molar-refractivity contribution is 7.89. The van der Waals surface area contributed by atoms with Crippen molar-refractivity contribution in [2.45, 2.75) is 4.90 Å². The fourth-order valence-corrected chi connectivity index (χ4v) is 3.24. The van der Waals surface area contributed by atoms with Crippen LogP contribution in [0.15, 0.2) is 46.5 Å². The first-order valence-corrected chi connectivity index (χ1v) is 6.75. The van der Waals surface area contributed by atoms with Crippen molar-refractivity contribution in [2.24, 2.45) is 0 Å². The summed E-state index contributed by atoms with van der Waals surface area (Å²) in [4.78, 5) is 10.9. The zero-order chi connectivity index (χ0) is 12.8. The largest absolute Gasteiger partial charge is 0.486 e. The lowest BCUT2D eigenvalue weighted by Crippen LogP contribution is -2.30. The topological polar surface area (TPSA) is 72.5 Å². The zero-order valence-corrected chi connectivity index (χ0v) is 10.0. The minimum Gasteiger partial charge on any atom is -0.486 e. The molecular formula is C12H9NO4S. The van der Waals surface area contributed by atoms with Crippen molar-refractivity contribution in [2.75, 3.05) is 6.61 Å². The molecular weight excluding hydrogens is 254 g/mol. The predicted molar refractivity (Wildman–Crippen MR) is 63.8 cm³/mol. The number of carbonyl (C=O) groups excluding carboxylic acids is 1. The lowest BCUT2D eigenvalue weighted by atomic mass is 10.1. The highest BCUT2D eigenvalue weighted by Gasteiger charge is 2.31. The second-order valence-corrected chi connectivity index (χ2v) is 5.62. The standard InChI is InChI=1S/C12H9NO4S/c14-6-8-5-10-12(17-7-8)9-3-1-2-4-11(9)18(15,16)13-10/h1-6,13H,7H2. The lowest BCUT2D eigenvalue weighted by molar-refractivity contribution is -0.105. The molecule has 1 aromatic carbocycles. The number of hydrogen-bond acceptors (Lipinski definition) is 4. The molecule has 0 saturated heterocycles. The maximum absolute atomic E-state index is 12.0. The minimum absolute atomic E-state index is 0.151. The number of carbonyl (C=O) groups is 1. The molecule has 0 amide bonds. The van der Waals surface area contributed by atoms with Gasteiger partial charge in [0.05, 0.1) is 10.6 Å². The Labute approximate surface area is 104 Å². The number of aldehydes is 1. The van der Waals surface area contributed by atoms with Crippen LogP contribution in [-0.2, 0) is 19.6 Å². The van der Waals surface area contributed by atoms with Crippen LogP contribution >= 0.6 is 0 Å². The molecule has 0 atom stereocenters. The van der Waals surface area contributed by atoms with Crippen LogP contribution in [0, 0.1) is 0 Å². The molecule has 0 aromatic heterocycles. The van der Waals surface area contributed by atoms with E-state index in [4.69, 9.17) is 4.74 Å². The fourth-order valence-electron chi connectivity index (χ4n) is 1.98. The van der Waals surface area contributed by atoms with Gasteiger partial charge in [-0.05, 0) is 18.2 Å². The molecule has 3 rings (SSSR count). The van der Waals surface area contributed by atoms with Gasteiger partial charge in [-0.25, -0.2) is 8.42 Å². The summed E-state index contributed by atoms with van der Waals surface area (Å²) in [5, 5.41) is 0. The van der Waals surface area contributed by atoms with E-state index in [1.807, 2.05) is 0 Å². The van der Waals surface area contributed by atoms with Crippen LogP contribution in [0.25, 0.3) is 5.76 Å². The van der Waals surface area contributed by atoms with Gasteiger partial charge < -0.3 is 4.74 Å². The summed E-state index contributed by atoms with van der Waals surface area (Å²) in [6.07, 6.45) is 2.15. The van der Waals surface area contributed by atoms with Gasteiger partial charge in [0.1, 0.15) is 12.9 Å². The molecule has 0 radical (unpaired) electrons. The highest BCUT2D eigenvalue weighted by Crippen LogP contribution is 2.34. The molecule has 2 aliphatic heterocycles. The number of benzene rings is 1. The molecule has 2 heterocycles. The molecule has 1 N–H and O–H groups in total. The predicted octanol–water partition coefficient (Wildman–Crippen LogP) is 0.803. The van der Waals surface area contributed by atoms with Crippen molar-refractivity contribution in [3.05, 3.63) is 47.2 Å². The van der Waals surface area contributed by atoms with Crippen LogP contribution in [-0.4, -0.2) is 21.3 Å². The summed E-state index contributed by atoms with van der Waals surface area (Å²) in [7, 11) is -3.59. The Morgan fingerprint density at radius 1 is 1.28 bits per heavy atom. The Hall–Kier alpha value is -2.08. The molecule has 6 heteroatoms. The van der Waals surface area contributed by atoms with Crippen molar-refractivity contribution in [1.82, 2.24) is 4.72 Å². The molecule has 0 unspecified atom stereocenters. The number of rotatable bonds is 1. The van der Waals surface area contributed by atoms with Crippen molar-refractivity contribution in [3.8, 4) is 0 Å². The fraction of sp³-hybridized carbons (Fsp3) is 0.0833. The van der Waals surface area contributed by atoms with Gasteiger partial charge in [0.15, 0.2) is 5.76 Å². The van der Waals surface area contributed by atoms with E-state index in [-0.39, 0.29) is 11.5 Å². The van der Waals surface area contributed by atoms with Crippen LogP contribution in [0.4, 0.5) is 0 Å². The number of hydrogen-bond donors (Lipinski definition) is 1. The Morgan fingerprint density at radius 3 is 2.83 bits per heavy atom. The smallest absolute Gasteiger partial charge is 0.262 e. The third-order valence-electron chi connectivity index (χ3n) is 2.77. The summed E-state index contributed by atoms with van der Waals surface area (Å²) < 4.78 is 31.9. The number of allylic oxidation sites excluding steroid dienone is 1. The first-order valence-electron chi connectivity index (χ1n) is 5.27. The van der Waals surface area contributed by atoms with E-state index in [0.29, 0.717) is 28.9 Å². The average Bonchev–Trinajstić information content (AvgIpc) is 2.38. The molecule has 0 aliphatic carbocycles. The summed E-state index contributed by atoms with van der Waals surface area (Å²) in [6.45, 7) is 0.151. The third-order valence-corrected chi connectivity index (χ3v) is 4.20. The molecule has 0 spiro atoms. The van der Waals surface area contributed by atoms with Crippen LogP contribution < -0.4 is 4.72 Å². The zero-order valence-electron chi connectivity index (χ0n) is 9.21. The van der Waals surface area contributed by atoms with E-state index in [0.717, 1.165) is 0 Å². The van der Waals surface area contributed by atoms with Crippen LogP contribution in [0.2, 0.25) is 0 Å². The van der Waals surface area contributed by atoms with E-state index in [2.05, 4.69) is 4.72 Å². The summed E-state index contributed by atoms with van der Waals surface area (Å²) in [5.41, 5.74) is 1.23. The van der Waals surface area contributed by atoms with Gasteiger partial charge in [-0.2, -0.15) is 0 Å². The molecule has 0 saturated carbocycles. The quantitative estimate of drug-likeness (QED) is 0.761. The second kappa shape index (κ2) is 3.71. The first kappa shape index (κ1) is 11.0. The molecule has 0 bridgehead atoms. The van der Waals surface area contributed by atoms with Gasteiger partial charge in [-0.1, -0.05) is 12.1 Å². The molecule has 18 heavy (non-hydrogen) atoms. The third kappa shape index (κ3) is 1.53. The van der Waals surface area contributed by atoms with Gasteiger partial charge in [0.2, 0.25) is 0 Å². The number of sulfonamides is 1. The first-order chi connectivity index (χ1) is 8.62. The van der Waals surface area contributed by atoms with Crippen molar-refractivity contribution in [1.29, 1.82) is 0 Å². The Morgan fingerprint density at radius 2 is 2.06 bits per heavy atom. The monoisotopic (exact) mass is 263 g/mol. The highest BCUT2D eigenvalue weighted by atomic mass is 32.2. The molecule has 0 fully saturated rings.